The SMILES string of the molecule is CSc1c(S)sc2cccc(Br)c12. The second-order valence-electron chi connectivity index (χ2n) is 2.55. The summed E-state index contributed by atoms with van der Waals surface area (Å²) < 4.78 is 3.56. The Morgan fingerprint density at radius 1 is 1.46 bits per heavy atom. The number of benzene rings is 1. The van der Waals surface area contributed by atoms with Crippen molar-refractivity contribution in [2.75, 3.05) is 6.26 Å². The number of thioether (sulfide) groups is 1. The van der Waals surface area contributed by atoms with E-state index in [1.54, 1.807) is 23.1 Å². The normalized spacial score (nSPS) is 11.0. The molecule has 0 nitrogen and oxygen atoms in total. The highest BCUT2D eigenvalue weighted by Gasteiger charge is 2.10. The summed E-state index contributed by atoms with van der Waals surface area (Å²) in [6.07, 6.45) is 2.08. The Hall–Kier alpha value is 0.360. The van der Waals surface area contributed by atoms with E-state index >= 15 is 0 Å². The van der Waals surface area contributed by atoms with Crippen LogP contribution in [-0.2, 0) is 0 Å². The lowest BCUT2D eigenvalue weighted by atomic mass is 10.3. The minimum Gasteiger partial charge on any atom is -0.132 e. The third kappa shape index (κ3) is 1.65. The van der Waals surface area contributed by atoms with E-state index in [9.17, 15) is 0 Å². The first-order valence-corrected chi connectivity index (χ1v) is 6.96. The molecule has 1 aromatic heterocycles. The van der Waals surface area contributed by atoms with Crippen LogP contribution in [0.25, 0.3) is 10.1 Å². The van der Waals surface area contributed by atoms with Crippen LogP contribution in [0.1, 0.15) is 0 Å². The maximum Gasteiger partial charge on any atom is 0.0717 e. The summed E-state index contributed by atoms with van der Waals surface area (Å²) in [6.45, 7) is 0. The fraction of sp³-hybridized carbons (Fsp3) is 0.111. The van der Waals surface area contributed by atoms with Crippen molar-refractivity contribution in [1.29, 1.82) is 0 Å². The summed E-state index contributed by atoms with van der Waals surface area (Å²) in [4.78, 5) is 1.27. The van der Waals surface area contributed by atoms with E-state index in [2.05, 4.69) is 53.0 Å². The number of thiophene rings is 1. The lowest BCUT2D eigenvalue weighted by Crippen LogP contribution is -1.70. The van der Waals surface area contributed by atoms with Crippen molar-refractivity contribution in [1.82, 2.24) is 0 Å². The Labute approximate surface area is 99.3 Å². The molecule has 1 aromatic carbocycles. The molecular formula is C9H7BrS3. The van der Waals surface area contributed by atoms with Crippen molar-refractivity contribution in [2.45, 2.75) is 9.10 Å². The summed E-state index contributed by atoms with van der Waals surface area (Å²) in [5, 5.41) is 1.30. The molecule has 0 atom stereocenters. The minimum absolute atomic E-state index is 1.11. The van der Waals surface area contributed by atoms with Crippen molar-refractivity contribution < 1.29 is 0 Å². The van der Waals surface area contributed by atoms with E-state index in [-0.39, 0.29) is 0 Å². The van der Waals surface area contributed by atoms with Gasteiger partial charge in [0, 0.05) is 19.5 Å². The fourth-order valence-corrected chi connectivity index (χ4v) is 4.67. The lowest BCUT2D eigenvalue weighted by molar-refractivity contribution is 1.46. The molecule has 0 saturated carbocycles. The van der Waals surface area contributed by atoms with Crippen LogP contribution in [0.15, 0.2) is 31.8 Å². The summed E-state index contributed by atoms with van der Waals surface area (Å²) in [7, 11) is 0. The van der Waals surface area contributed by atoms with Gasteiger partial charge in [0.05, 0.1) is 4.21 Å². The first-order chi connectivity index (χ1) is 6.24. The van der Waals surface area contributed by atoms with E-state index in [0.29, 0.717) is 0 Å². The Kier molecular flexibility index (Phi) is 2.93. The molecule has 0 saturated heterocycles. The van der Waals surface area contributed by atoms with Gasteiger partial charge in [-0.25, -0.2) is 0 Å². The van der Waals surface area contributed by atoms with E-state index in [1.807, 2.05) is 0 Å². The molecular weight excluding hydrogens is 284 g/mol. The predicted molar refractivity (Wildman–Crippen MR) is 68.6 cm³/mol. The highest BCUT2D eigenvalue weighted by atomic mass is 79.9. The molecule has 0 radical (unpaired) electrons. The van der Waals surface area contributed by atoms with Gasteiger partial charge in [-0.1, -0.05) is 22.0 Å². The van der Waals surface area contributed by atoms with Gasteiger partial charge in [0.2, 0.25) is 0 Å². The molecule has 0 aliphatic carbocycles. The van der Waals surface area contributed by atoms with Gasteiger partial charge >= 0.3 is 0 Å². The first kappa shape index (κ1) is 9.90. The second kappa shape index (κ2) is 3.85. The zero-order chi connectivity index (χ0) is 9.42. The Morgan fingerprint density at radius 3 is 2.92 bits per heavy atom. The van der Waals surface area contributed by atoms with Gasteiger partial charge in [0.1, 0.15) is 0 Å². The van der Waals surface area contributed by atoms with Gasteiger partial charge in [-0.15, -0.1) is 35.7 Å². The topological polar surface area (TPSA) is 0 Å². The minimum atomic E-state index is 1.11. The fourth-order valence-electron chi connectivity index (χ4n) is 1.26. The van der Waals surface area contributed by atoms with E-state index in [1.165, 1.54) is 15.0 Å². The molecule has 13 heavy (non-hydrogen) atoms. The van der Waals surface area contributed by atoms with Crippen molar-refractivity contribution in [3.8, 4) is 0 Å². The van der Waals surface area contributed by atoms with Crippen molar-refractivity contribution in [2.24, 2.45) is 0 Å². The Morgan fingerprint density at radius 2 is 2.23 bits per heavy atom. The quantitative estimate of drug-likeness (QED) is 0.588. The van der Waals surface area contributed by atoms with Gasteiger partial charge in [-0.05, 0) is 18.4 Å². The number of fused-ring (bicyclic) bond motifs is 1. The smallest absolute Gasteiger partial charge is 0.0717 e. The Balaban J connectivity index is 2.88. The van der Waals surface area contributed by atoms with Crippen molar-refractivity contribution >= 4 is 61.7 Å². The summed E-state index contributed by atoms with van der Waals surface area (Å²) >= 11 is 11.5. The molecule has 1 heterocycles. The highest BCUT2D eigenvalue weighted by molar-refractivity contribution is 9.10. The third-order valence-corrected chi connectivity index (χ3v) is 5.02. The van der Waals surface area contributed by atoms with Gasteiger partial charge in [-0.2, -0.15) is 0 Å². The van der Waals surface area contributed by atoms with Gasteiger partial charge in [-0.3, -0.25) is 0 Å². The zero-order valence-electron chi connectivity index (χ0n) is 6.87. The largest absolute Gasteiger partial charge is 0.132 e. The highest BCUT2D eigenvalue weighted by Crippen LogP contribution is 2.42. The molecule has 0 fully saturated rings. The summed E-state index contributed by atoms with van der Waals surface area (Å²) in [5.41, 5.74) is 0. The number of thiol groups is 1. The molecule has 2 aromatic rings. The molecule has 0 spiro atoms. The molecule has 0 unspecified atom stereocenters. The number of halogens is 1. The average molecular weight is 291 g/mol. The predicted octanol–water partition coefficient (Wildman–Crippen LogP) is 4.67. The molecule has 0 aliphatic rings. The summed E-state index contributed by atoms with van der Waals surface area (Å²) in [6, 6.07) is 6.26. The van der Waals surface area contributed by atoms with Crippen LogP contribution < -0.4 is 0 Å². The first-order valence-electron chi connectivity index (χ1n) is 3.68. The van der Waals surface area contributed by atoms with Crippen LogP contribution in [0.4, 0.5) is 0 Å². The monoisotopic (exact) mass is 290 g/mol. The standard InChI is InChI=1S/C9H7BrS3/c1-12-8-7-5(10)3-2-4-6(7)13-9(8)11/h2-4,11H,1H3. The third-order valence-electron chi connectivity index (χ3n) is 1.81. The second-order valence-corrected chi connectivity index (χ2v) is 6.03. The van der Waals surface area contributed by atoms with E-state index in [4.69, 9.17) is 0 Å². The molecule has 2 rings (SSSR count). The maximum atomic E-state index is 4.46. The van der Waals surface area contributed by atoms with Crippen molar-refractivity contribution in [3.05, 3.63) is 22.7 Å². The lowest BCUT2D eigenvalue weighted by Gasteiger charge is -1.97. The molecule has 0 amide bonds. The van der Waals surface area contributed by atoms with Crippen LogP contribution in [0.5, 0.6) is 0 Å². The average Bonchev–Trinajstić information content (AvgIpc) is 2.42. The maximum absolute atomic E-state index is 4.46. The van der Waals surface area contributed by atoms with Crippen LogP contribution in [-0.4, -0.2) is 6.26 Å². The number of hydrogen-bond acceptors (Lipinski definition) is 3. The van der Waals surface area contributed by atoms with Crippen LogP contribution in [0.3, 0.4) is 0 Å². The van der Waals surface area contributed by atoms with Gasteiger partial charge in [0.25, 0.3) is 0 Å². The number of rotatable bonds is 1. The van der Waals surface area contributed by atoms with E-state index in [0.717, 1.165) is 8.68 Å². The molecule has 4 heteroatoms. The summed E-state index contributed by atoms with van der Waals surface area (Å²) in [5.74, 6) is 0. The number of hydrogen-bond donors (Lipinski definition) is 1. The van der Waals surface area contributed by atoms with Crippen molar-refractivity contribution in [3.63, 3.8) is 0 Å². The van der Waals surface area contributed by atoms with Gasteiger partial charge < -0.3 is 0 Å². The van der Waals surface area contributed by atoms with Gasteiger partial charge in [0.15, 0.2) is 0 Å². The van der Waals surface area contributed by atoms with E-state index < -0.39 is 0 Å². The Bertz CT molecular complexity index is 447. The molecule has 0 bridgehead atoms. The zero-order valence-corrected chi connectivity index (χ0v) is 11.0. The molecule has 0 aliphatic heterocycles. The van der Waals surface area contributed by atoms with Crippen LogP contribution in [0.2, 0.25) is 0 Å². The van der Waals surface area contributed by atoms with Crippen LogP contribution >= 0.6 is 51.7 Å². The molecule has 0 N–H and O–H groups in total. The molecule has 68 valence electrons. The van der Waals surface area contributed by atoms with Crippen LogP contribution in [0, 0.1) is 0 Å².